The predicted molar refractivity (Wildman–Crippen MR) is 149 cm³/mol. The topological polar surface area (TPSA) is 117 Å². The van der Waals surface area contributed by atoms with Crippen LogP contribution in [0.15, 0.2) is 45.4 Å². The summed E-state index contributed by atoms with van der Waals surface area (Å²) < 4.78 is 23.4. The minimum absolute atomic E-state index is 0.0308. The van der Waals surface area contributed by atoms with E-state index in [1.54, 1.807) is 24.8 Å². The fourth-order valence-corrected chi connectivity index (χ4v) is 7.84. The lowest BCUT2D eigenvalue weighted by Crippen LogP contribution is -2.65. The first-order valence-corrected chi connectivity index (χ1v) is 17.8. The van der Waals surface area contributed by atoms with E-state index in [0.717, 1.165) is 9.90 Å². The molecule has 39 heavy (non-hydrogen) atoms. The highest BCUT2D eigenvalue weighted by molar-refractivity contribution is 8.01. The Morgan fingerprint density at radius 3 is 2.49 bits per heavy atom. The minimum Gasteiger partial charge on any atom is -0.497 e. The van der Waals surface area contributed by atoms with Crippen LogP contribution in [0.25, 0.3) is 0 Å². The van der Waals surface area contributed by atoms with E-state index < -0.39 is 26.2 Å². The zero-order valence-electron chi connectivity index (χ0n) is 22.8. The molecule has 0 radical (unpaired) electrons. The van der Waals surface area contributed by atoms with E-state index in [2.05, 4.69) is 29.8 Å². The quantitative estimate of drug-likeness (QED) is 0.156. The van der Waals surface area contributed by atoms with Crippen LogP contribution < -0.4 is 4.74 Å². The van der Waals surface area contributed by atoms with Crippen molar-refractivity contribution < 1.29 is 33.0 Å². The summed E-state index contributed by atoms with van der Waals surface area (Å²) in [6, 6.07) is 6.83. The molecule has 1 aromatic heterocycles. The predicted octanol–water partition coefficient (Wildman–Crippen LogP) is 3.90. The van der Waals surface area contributed by atoms with Crippen LogP contribution in [0.3, 0.4) is 0 Å². The normalized spacial score (nSPS) is 21.3. The van der Waals surface area contributed by atoms with E-state index in [4.69, 9.17) is 18.6 Å². The summed E-state index contributed by atoms with van der Waals surface area (Å²) in [4.78, 5) is 40.4. The minimum atomic E-state index is -1.95. The molecule has 0 bridgehead atoms. The molecule has 0 aliphatic carbocycles. The molecule has 0 unspecified atom stereocenters. The Hall–Kier alpha value is -2.74. The van der Waals surface area contributed by atoms with Crippen molar-refractivity contribution >= 4 is 49.3 Å². The highest BCUT2D eigenvalue weighted by Gasteiger charge is 2.62. The van der Waals surface area contributed by atoms with E-state index in [1.165, 1.54) is 34.9 Å². The average molecular weight is 592 g/mol. The number of β-lactam (4-membered cyclic amide) rings is 1. The molecule has 2 aliphatic rings. The number of methoxy groups -OCH3 is 1. The zero-order chi connectivity index (χ0) is 28.3. The Balaban J connectivity index is 1.64. The van der Waals surface area contributed by atoms with Gasteiger partial charge in [0.05, 0.1) is 31.8 Å². The third kappa shape index (κ3) is 6.71. The van der Waals surface area contributed by atoms with Gasteiger partial charge < -0.3 is 23.5 Å². The molecule has 210 valence electrons. The Kier molecular flexibility index (Phi) is 9.14. The Bertz CT molecular complexity index is 1230. The van der Waals surface area contributed by atoms with Gasteiger partial charge >= 0.3 is 11.9 Å². The summed E-state index contributed by atoms with van der Waals surface area (Å²) in [6.45, 7) is 9.52. The second-order valence-corrected chi connectivity index (χ2v) is 16.9. The van der Waals surface area contributed by atoms with Crippen LogP contribution in [0.2, 0.25) is 19.6 Å². The number of ether oxygens (including phenoxy) is 3. The van der Waals surface area contributed by atoms with Gasteiger partial charge in [0.25, 0.3) is 0 Å². The molecule has 10 nitrogen and oxygen atoms in total. The lowest BCUT2D eigenvalue weighted by Gasteiger charge is -2.49. The number of carbonyl (C=O) groups is 3. The van der Waals surface area contributed by atoms with Crippen molar-refractivity contribution in [2.45, 2.75) is 56.6 Å². The average Bonchev–Trinajstić information content (AvgIpc) is 3.48. The first-order valence-electron chi connectivity index (χ1n) is 12.6. The SMILES string of the molecule is COc1ccc(COC(=O)C2=C(CSc3nncs3)[C@@H](COC(C)=O)[C@@H]3[C@@H]([C@@H](C)O[Si](C)(C)C)C(=O)N23)cc1. The van der Waals surface area contributed by atoms with Crippen LogP contribution in [0.1, 0.15) is 19.4 Å². The zero-order valence-corrected chi connectivity index (χ0v) is 25.5. The molecule has 2 aromatic rings. The number of hydrogen-bond acceptors (Lipinski definition) is 11. The smallest absolute Gasteiger partial charge is 0.355 e. The molecule has 3 heterocycles. The van der Waals surface area contributed by atoms with Gasteiger partial charge in [-0.3, -0.25) is 9.59 Å². The monoisotopic (exact) mass is 591 g/mol. The van der Waals surface area contributed by atoms with Gasteiger partial charge in [0.15, 0.2) is 12.7 Å². The van der Waals surface area contributed by atoms with E-state index in [0.29, 0.717) is 17.1 Å². The first-order chi connectivity index (χ1) is 18.5. The maximum atomic E-state index is 13.6. The summed E-state index contributed by atoms with van der Waals surface area (Å²) in [7, 11) is -0.368. The number of esters is 2. The molecule has 13 heteroatoms. The van der Waals surface area contributed by atoms with Gasteiger partial charge in [0.2, 0.25) is 5.91 Å². The van der Waals surface area contributed by atoms with E-state index in [9.17, 15) is 14.4 Å². The van der Waals surface area contributed by atoms with Gasteiger partial charge in [-0.05, 0) is 49.8 Å². The summed E-state index contributed by atoms with van der Waals surface area (Å²) in [5, 5.41) is 7.97. The molecule has 0 spiro atoms. The number of nitrogens with zero attached hydrogens (tertiary/aromatic N) is 3. The fourth-order valence-electron chi connectivity index (χ4n) is 4.98. The van der Waals surface area contributed by atoms with Crippen molar-refractivity contribution in [1.29, 1.82) is 0 Å². The van der Waals surface area contributed by atoms with Crippen molar-refractivity contribution in [3.05, 3.63) is 46.6 Å². The van der Waals surface area contributed by atoms with Gasteiger partial charge in [-0.2, -0.15) is 0 Å². The van der Waals surface area contributed by atoms with Gasteiger partial charge in [0, 0.05) is 18.6 Å². The number of thioether (sulfide) groups is 1. The number of benzene rings is 1. The number of carbonyl (C=O) groups excluding carboxylic acids is 3. The second-order valence-electron chi connectivity index (χ2n) is 10.4. The Morgan fingerprint density at radius 1 is 1.18 bits per heavy atom. The van der Waals surface area contributed by atoms with Crippen molar-refractivity contribution in [3.8, 4) is 5.75 Å². The van der Waals surface area contributed by atoms with Gasteiger partial charge in [0.1, 0.15) is 23.6 Å². The maximum Gasteiger partial charge on any atom is 0.355 e. The van der Waals surface area contributed by atoms with Crippen molar-refractivity contribution in [1.82, 2.24) is 15.1 Å². The molecular weight excluding hydrogens is 559 g/mol. The molecule has 4 rings (SSSR count). The Morgan fingerprint density at radius 2 is 1.90 bits per heavy atom. The molecule has 1 aromatic carbocycles. The molecular formula is C26H33N3O7S2Si. The first kappa shape index (κ1) is 29.2. The summed E-state index contributed by atoms with van der Waals surface area (Å²) in [6.07, 6.45) is -0.350. The van der Waals surface area contributed by atoms with Crippen molar-refractivity contribution in [3.63, 3.8) is 0 Å². The van der Waals surface area contributed by atoms with Crippen LogP contribution in [0, 0.1) is 11.8 Å². The van der Waals surface area contributed by atoms with Crippen LogP contribution in [-0.2, 0) is 34.9 Å². The molecule has 4 atom stereocenters. The van der Waals surface area contributed by atoms with Crippen LogP contribution in [-0.4, -0.2) is 72.9 Å². The summed E-state index contributed by atoms with van der Waals surface area (Å²) >= 11 is 2.80. The molecule has 1 amide bonds. The molecule has 0 saturated carbocycles. The Labute approximate surface area is 237 Å². The third-order valence-corrected chi connectivity index (χ3v) is 9.51. The number of hydrogen-bond donors (Lipinski definition) is 0. The molecule has 1 fully saturated rings. The lowest BCUT2D eigenvalue weighted by molar-refractivity contribution is -0.165. The van der Waals surface area contributed by atoms with Crippen LogP contribution in [0.5, 0.6) is 5.75 Å². The lowest BCUT2D eigenvalue weighted by atomic mass is 9.77. The van der Waals surface area contributed by atoms with Crippen molar-refractivity contribution in [2.75, 3.05) is 19.5 Å². The standard InChI is InChI=1S/C26H33N3O7S2Si/c1-15(36-39(4,5)6)21-22-19(12-34-16(2)30)20(13-37-26-28-27-14-38-26)23(29(22)24(21)31)25(32)35-11-17-7-9-18(33-3)10-8-17/h7-10,14-15,19,21-22H,11-13H2,1-6H3/t15-,19-,21-,22-/m1/s1. The number of rotatable bonds is 12. The number of aromatic nitrogens is 2. The van der Waals surface area contributed by atoms with E-state index in [1.807, 2.05) is 19.1 Å². The number of amides is 1. The van der Waals surface area contributed by atoms with Gasteiger partial charge in [-0.1, -0.05) is 35.2 Å². The highest BCUT2D eigenvalue weighted by Crippen LogP contribution is 2.49. The van der Waals surface area contributed by atoms with Crippen LogP contribution in [0.4, 0.5) is 0 Å². The van der Waals surface area contributed by atoms with Gasteiger partial charge in [-0.15, -0.1) is 10.2 Å². The largest absolute Gasteiger partial charge is 0.497 e. The summed E-state index contributed by atoms with van der Waals surface area (Å²) in [5.74, 6) is -1.00. The third-order valence-electron chi connectivity index (χ3n) is 6.52. The molecule has 0 N–H and O–H groups in total. The second kappa shape index (κ2) is 12.2. The van der Waals surface area contributed by atoms with Gasteiger partial charge in [-0.25, -0.2) is 4.79 Å². The number of fused-ring (bicyclic) bond motifs is 1. The van der Waals surface area contributed by atoms with Crippen molar-refractivity contribution in [2.24, 2.45) is 11.8 Å². The fraction of sp³-hybridized carbons (Fsp3) is 0.500. The van der Waals surface area contributed by atoms with Crippen LogP contribution >= 0.6 is 23.1 Å². The molecule has 2 aliphatic heterocycles. The summed E-state index contributed by atoms with van der Waals surface area (Å²) in [5.41, 5.74) is 3.32. The van der Waals surface area contributed by atoms with E-state index in [-0.39, 0.29) is 42.9 Å². The maximum absolute atomic E-state index is 13.6. The molecule has 1 saturated heterocycles. The van der Waals surface area contributed by atoms with E-state index >= 15 is 0 Å². The highest BCUT2D eigenvalue weighted by atomic mass is 32.2.